The fraction of sp³-hybridized carbons (Fsp3) is 0.176. The van der Waals surface area contributed by atoms with Crippen LogP contribution in [0.5, 0.6) is 5.75 Å². The summed E-state index contributed by atoms with van der Waals surface area (Å²) in [6.45, 7) is 0. The fourth-order valence-electron chi connectivity index (χ4n) is 3.05. The molecule has 2 nitrogen and oxygen atoms in total. The second-order valence-corrected chi connectivity index (χ2v) is 6.07. The molecule has 0 amide bonds. The topological polar surface area (TPSA) is 14.2 Å². The minimum absolute atomic E-state index is 0.926. The van der Waals surface area contributed by atoms with E-state index >= 15 is 0 Å². The number of thioether (sulfide) groups is 1. The molecule has 0 saturated heterocycles. The summed E-state index contributed by atoms with van der Waals surface area (Å²) in [5, 5.41) is 1.31. The third kappa shape index (κ3) is 1.53. The molecule has 1 aliphatic rings. The van der Waals surface area contributed by atoms with E-state index in [9.17, 15) is 0 Å². The van der Waals surface area contributed by atoms with E-state index in [0.29, 0.717) is 0 Å². The van der Waals surface area contributed by atoms with Gasteiger partial charge in [-0.3, -0.25) is 0 Å². The third-order valence-electron chi connectivity index (χ3n) is 4.03. The van der Waals surface area contributed by atoms with Crippen LogP contribution in [0.4, 0.5) is 0 Å². The van der Waals surface area contributed by atoms with Crippen LogP contribution in [0.2, 0.25) is 0 Å². The van der Waals surface area contributed by atoms with Gasteiger partial charge in [0.2, 0.25) is 0 Å². The number of hydrogen-bond acceptors (Lipinski definition) is 2. The second kappa shape index (κ2) is 4.32. The maximum atomic E-state index is 5.38. The highest BCUT2D eigenvalue weighted by Gasteiger charge is 2.23. The lowest BCUT2D eigenvalue weighted by Gasteiger charge is -2.17. The normalized spacial score (nSPS) is 13.1. The van der Waals surface area contributed by atoms with Crippen LogP contribution in [0.3, 0.4) is 0 Å². The van der Waals surface area contributed by atoms with Crippen molar-refractivity contribution in [2.75, 3.05) is 7.11 Å². The first-order chi connectivity index (χ1) is 9.79. The fourth-order valence-corrected chi connectivity index (χ4v) is 4.14. The van der Waals surface area contributed by atoms with Crippen molar-refractivity contribution in [3.8, 4) is 17.0 Å². The van der Waals surface area contributed by atoms with Crippen LogP contribution in [0.15, 0.2) is 47.4 Å². The second-order valence-electron chi connectivity index (χ2n) is 5.05. The van der Waals surface area contributed by atoms with Crippen molar-refractivity contribution in [2.24, 2.45) is 7.05 Å². The minimum atomic E-state index is 0.926. The summed E-state index contributed by atoms with van der Waals surface area (Å²) in [6.07, 6.45) is 0. The van der Waals surface area contributed by atoms with E-state index in [1.807, 2.05) is 17.8 Å². The van der Waals surface area contributed by atoms with E-state index in [1.54, 1.807) is 7.11 Å². The van der Waals surface area contributed by atoms with Gasteiger partial charge in [0.15, 0.2) is 0 Å². The lowest BCUT2D eigenvalue weighted by Crippen LogP contribution is -1.98. The van der Waals surface area contributed by atoms with Gasteiger partial charge in [0.05, 0.1) is 12.8 Å². The zero-order valence-corrected chi connectivity index (χ0v) is 12.3. The molecule has 1 aromatic heterocycles. The molecule has 1 aliphatic heterocycles. The number of benzene rings is 2. The van der Waals surface area contributed by atoms with Gasteiger partial charge < -0.3 is 9.30 Å². The molecule has 3 aromatic rings. The Morgan fingerprint density at radius 2 is 2.00 bits per heavy atom. The van der Waals surface area contributed by atoms with Crippen molar-refractivity contribution in [3.63, 3.8) is 0 Å². The van der Waals surface area contributed by atoms with Gasteiger partial charge >= 0.3 is 0 Å². The monoisotopic (exact) mass is 281 g/mol. The number of fused-ring (bicyclic) bond motifs is 5. The Labute approximate surface area is 122 Å². The van der Waals surface area contributed by atoms with Gasteiger partial charge in [-0.2, -0.15) is 0 Å². The van der Waals surface area contributed by atoms with Crippen LogP contribution in [0.1, 0.15) is 5.56 Å². The molecule has 0 unspecified atom stereocenters. The molecular weight excluding hydrogens is 266 g/mol. The molecule has 20 heavy (non-hydrogen) atoms. The van der Waals surface area contributed by atoms with Gasteiger partial charge in [0.1, 0.15) is 5.75 Å². The number of rotatable bonds is 1. The zero-order valence-electron chi connectivity index (χ0n) is 11.5. The lowest BCUT2D eigenvalue weighted by molar-refractivity contribution is 0.415. The van der Waals surface area contributed by atoms with Gasteiger partial charge in [-0.15, -0.1) is 11.8 Å². The van der Waals surface area contributed by atoms with E-state index in [0.717, 1.165) is 11.5 Å². The third-order valence-corrected chi connectivity index (χ3v) is 5.13. The first-order valence-corrected chi connectivity index (χ1v) is 7.65. The van der Waals surface area contributed by atoms with E-state index in [-0.39, 0.29) is 0 Å². The molecular formula is C17H15NOS. The van der Waals surface area contributed by atoms with Gasteiger partial charge in [-0.25, -0.2) is 0 Å². The molecule has 0 bridgehead atoms. The standard InChI is InChI=1S/C17H15NOS/c1-18-15-8-7-11(19-2)9-13(15)14-10-20-16-6-4-3-5-12(16)17(14)18/h3-9H,10H2,1-2H3. The average Bonchev–Trinajstić information content (AvgIpc) is 2.80. The van der Waals surface area contributed by atoms with Crippen LogP contribution in [0, 0.1) is 0 Å². The van der Waals surface area contributed by atoms with Crippen molar-refractivity contribution in [1.82, 2.24) is 4.57 Å². The SMILES string of the molecule is COc1ccc2c(c1)c1c(n2C)-c2ccccc2SC1. The van der Waals surface area contributed by atoms with Crippen molar-refractivity contribution >= 4 is 22.7 Å². The van der Waals surface area contributed by atoms with Crippen molar-refractivity contribution < 1.29 is 4.74 Å². The van der Waals surface area contributed by atoms with Crippen LogP contribution < -0.4 is 4.74 Å². The number of aryl methyl sites for hydroxylation is 1. The van der Waals surface area contributed by atoms with Gasteiger partial charge in [-0.05, 0) is 29.8 Å². The summed E-state index contributed by atoms with van der Waals surface area (Å²) >= 11 is 1.92. The Hall–Kier alpha value is -1.87. The molecule has 0 radical (unpaired) electrons. The molecule has 4 rings (SSSR count). The first-order valence-electron chi connectivity index (χ1n) is 6.67. The van der Waals surface area contributed by atoms with E-state index < -0.39 is 0 Å². The summed E-state index contributed by atoms with van der Waals surface area (Å²) in [7, 11) is 3.88. The number of aromatic nitrogens is 1. The molecule has 0 fully saturated rings. The van der Waals surface area contributed by atoms with Crippen molar-refractivity contribution in [2.45, 2.75) is 10.6 Å². The number of nitrogens with zero attached hydrogens (tertiary/aromatic N) is 1. The Bertz CT molecular complexity index is 819. The average molecular weight is 281 g/mol. The zero-order chi connectivity index (χ0) is 13.7. The Kier molecular flexibility index (Phi) is 2.57. The van der Waals surface area contributed by atoms with Crippen LogP contribution in [0.25, 0.3) is 22.2 Å². The Balaban J connectivity index is 2.09. The summed E-state index contributed by atoms with van der Waals surface area (Å²) in [4.78, 5) is 1.37. The number of ether oxygens (including phenoxy) is 1. The summed E-state index contributed by atoms with van der Waals surface area (Å²) < 4.78 is 7.68. The highest BCUT2D eigenvalue weighted by atomic mass is 32.2. The Morgan fingerprint density at radius 3 is 2.85 bits per heavy atom. The first kappa shape index (κ1) is 11.9. The Morgan fingerprint density at radius 1 is 1.15 bits per heavy atom. The van der Waals surface area contributed by atoms with Crippen LogP contribution in [-0.2, 0) is 12.8 Å². The van der Waals surface area contributed by atoms with Gasteiger partial charge in [0, 0.05) is 34.2 Å². The smallest absolute Gasteiger partial charge is 0.119 e. The maximum absolute atomic E-state index is 5.38. The number of methoxy groups -OCH3 is 1. The quantitative estimate of drug-likeness (QED) is 0.654. The molecule has 2 aromatic carbocycles. The predicted molar refractivity (Wildman–Crippen MR) is 84.5 cm³/mol. The molecule has 0 aliphatic carbocycles. The van der Waals surface area contributed by atoms with E-state index in [2.05, 4.69) is 48.0 Å². The van der Waals surface area contributed by atoms with Crippen molar-refractivity contribution in [3.05, 3.63) is 48.0 Å². The van der Waals surface area contributed by atoms with Crippen molar-refractivity contribution in [1.29, 1.82) is 0 Å². The summed E-state index contributed by atoms with van der Waals surface area (Å²) in [6, 6.07) is 15.0. The summed E-state index contributed by atoms with van der Waals surface area (Å²) in [5.74, 6) is 1.95. The molecule has 0 spiro atoms. The highest BCUT2D eigenvalue weighted by Crippen LogP contribution is 2.45. The lowest BCUT2D eigenvalue weighted by atomic mass is 10.1. The maximum Gasteiger partial charge on any atom is 0.119 e. The molecule has 0 N–H and O–H groups in total. The predicted octanol–water partition coefficient (Wildman–Crippen LogP) is 4.46. The largest absolute Gasteiger partial charge is 0.497 e. The van der Waals surface area contributed by atoms with E-state index in [1.165, 1.54) is 32.6 Å². The minimum Gasteiger partial charge on any atom is -0.497 e. The highest BCUT2D eigenvalue weighted by molar-refractivity contribution is 7.98. The van der Waals surface area contributed by atoms with Crippen LogP contribution in [-0.4, -0.2) is 11.7 Å². The number of hydrogen-bond donors (Lipinski definition) is 0. The van der Waals surface area contributed by atoms with Gasteiger partial charge in [-0.1, -0.05) is 18.2 Å². The molecule has 2 heterocycles. The summed E-state index contributed by atoms with van der Waals surface area (Å²) in [5.41, 5.74) is 5.39. The van der Waals surface area contributed by atoms with E-state index in [4.69, 9.17) is 4.74 Å². The van der Waals surface area contributed by atoms with Gasteiger partial charge in [0.25, 0.3) is 0 Å². The molecule has 100 valence electrons. The molecule has 3 heteroatoms. The molecule has 0 atom stereocenters. The molecule has 0 saturated carbocycles. The van der Waals surface area contributed by atoms with Crippen LogP contribution >= 0.6 is 11.8 Å².